The third-order valence-electron chi connectivity index (χ3n) is 4.39. The van der Waals surface area contributed by atoms with E-state index in [1.807, 2.05) is 35.2 Å². The van der Waals surface area contributed by atoms with Crippen LogP contribution in [0.4, 0.5) is 4.79 Å². The number of benzene rings is 1. The van der Waals surface area contributed by atoms with E-state index in [-0.39, 0.29) is 17.7 Å². The normalized spacial score (nSPS) is 17.0. The predicted molar refractivity (Wildman–Crippen MR) is 89.8 cm³/mol. The average molecular weight is 332 g/mol. The van der Waals surface area contributed by atoms with E-state index in [0.29, 0.717) is 32.5 Å². The molecule has 1 heterocycles. The molecular formula is C17H24N4O3. The quantitative estimate of drug-likeness (QED) is 0.734. The fourth-order valence-electron chi connectivity index (χ4n) is 2.78. The van der Waals surface area contributed by atoms with Gasteiger partial charge in [0.1, 0.15) is 0 Å². The van der Waals surface area contributed by atoms with Crippen molar-refractivity contribution in [2.24, 2.45) is 11.7 Å². The van der Waals surface area contributed by atoms with Crippen LogP contribution in [0.1, 0.15) is 25.3 Å². The van der Waals surface area contributed by atoms with Gasteiger partial charge < -0.3 is 11.1 Å². The molecule has 1 saturated heterocycles. The van der Waals surface area contributed by atoms with Gasteiger partial charge in [0.2, 0.25) is 11.8 Å². The molecule has 1 aliphatic heterocycles. The Hall–Kier alpha value is -2.41. The van der Waals surface area contributed by atoms with Crippen molar-refractivity contribution in [3.63, 3.8) is 0 Å². The summed E-state index contributed by atoms with van der Waals surface area (Å²) in [6, 6.07) is 8.52. The number of nitrogens with zero attached hydrogens (tertiary/aromatic N) is 1. The molecule has 0 spiro atoms. The zero-order valence-corrected chi connectivity index (χ0v) is 13.8. The molecule has 7 heteroatoms. The van der Waals surface area contributed by atoms with Crippen LogP contribution in [-0.2, 0) is 16.1 Å². The van der Waals surface area contributed by atoms with E-state index in [1.165, 1.54) is 0 Å². The first-order valence-corrected chi connectivity index (χ1v) is 8.13. The summed E-state index contributed by atoms with van der Waals surface area (Å²) >= 11 is 0. The van der Waals surface area contributed by atoms with Crippen LogP contribution in [0.25, 0.3) is 0 Å². The number of rotatable bonds is 5. The summed E-state index contributed by atoms with van der Waals surface area (Å²) < 4.78 is 0. The molecule has 0 aliphatic carbocycles. The van der Waals surface area contributed by atoms with Gasteiger partial charge >= 0.3 is 6.03 Å². The van der Waals surface area contributed by atoms with Gasteiger partial charge in [-0.25, -0.2) is 4.79 Å². The first-order valence-electron chi connectivity index (χ1n) is 8.13. The number of nitrogens with one attached hydrogen (secondary N) is 2. The molecule has 1 aliphatic rings. The first-order chi connectivity index (χ1) is 11.5. The van der Waals surface area contributed by atoms with Crippen LogP contribution in [0.5, 0.6) is 0 Å². The van der Waals surface area contributed by atoms with Crippen LogP contribution in [-0.4, -0.2) is 41.9 Å². The summed E-state index contributed by atoms with van der Waals surface area (Å²) in [5.74, 6) is -0.754. The third kappa shape index (κ3) is 5.06. The average Bonchev–Trinajstić information content (AvgIpc) is 2.60. The van der Waals surface area contributed by atoms with Crippen LogP contribution in [0.15, 0.2) is 30.3 Å². The standard InChI is InChI=1S/C17H24N4O3/c1-12(21-9-7-14(8-10-21)15(18)22)16(23)20-17(24)19-11-13-5-3-2-4-6-13/h2-6,12,14H,7-11H2,1H3,(H2,18,22)(H2,19,20,23,24)/t12-/m0/s1. The Balaban J connectivity index is 1.75. The van der Waals surface area contributed by atoms with Crippen molar-refractivity contribution in [3.8, 4) is 0 Å². The molecule has 0 radical (unpaired) electrons. The Bertz CT molecular complexity index is 583. The van der Waals surface area contributed by atoms with Crippen LogP contribution < -0.4 is 16.4 Å². The highest BCUT2D eigenvalue weighted by atomic mass is 16.2. The summed E-state index contributed by atoms with van der Waals surface area (Å²) in [5, 5.41) is 5.02. The monoisotopic (exact) mass is 332 g/mol. The zero-order valence-electron chi connectivity index (χ0n) is 13.8. The molecular weight excluding hydrogens is 308 g/mol. The molecule has 7 nitrogen and oxygen atoms in total. The van der Waals surface area contributed by atoms with Crippen molar-refractivity contribution in [1.82, 2.24) is 15.5 Å². The molecule has 0 unspecified atom stereocenters. The van der Waals surface area contributed by atoms with Gasteiger partial charge in [0.25, 0.3) is 0 Å². The second kappa shape index (κ2) is 8.44. The Kier molecular flexibility index (Phi) is 6.31. The SMILES string of the molecule is C[C@@H](C(=O)NC(=O)NCc1ccccc1)N1CCC(C(N)=O)CC1. The number of carbonyl (C=O) groups excluding carboxylic acids is 3. The Morgan fingerprint density at radius 2 is 1.83 bits per heavy atom. The molecule has 2 rings (SSSR count). The minimum absolute atomic E-state index is 0.120. The fourth-order valence-corrected chi connectivity index (χ4v) is 2.78. The summed E-state index contributed by atoms with van der Waals surface area (Å²) in [4.78, 5) is 37.1. The van der Waals surface area contributed by atoms with E-state index >= 15 is 0 Å². The molecule has 0 saturated carbocycles. The van der Waals surface area contributed by atoms with Gasteiger partial charge in [-0.15, -0.1) is 0 Å². The number of nitrogens with two attached hydrogens (primary N) is 1. The topological polar surface area (TPSA) is 105 Å². The number of amides is 4. The molecule has 1 fully saturated rings. The second-order valence-corrected chi connectivity index (χ2v) is 6.05. The molecule has 0 aromatic heterocycles. The lowest BCUT2D eigenvalue weighted by Crippen LogP contribution is -2.52. The van der Waals surface area contributed by atoms with E-state index in [9.17, 15) is 14.4 Å². The number of carbonyl (C=O) groups is 3. The van der Waals surface area contributed by atoms with Crippen LogP contribution in [0.2, 0.25) is 0 Å². The van der Waals surface area contributed by atoms with Gasteiger partial charge in [-0.05, 0) is 38.4 Å². The summed E-state index contributed by atoms with van der Waals surface area (Å²) in [6.45, 7) is 3.35. The van der Waals surface area contributed by atoms with Crippen molar-refractivity contribution in [2.45, 2.75) is 32.4 Å². The Labute approximate surface area is 141 Å². The van der Waals surface area contributed by atoms with Gasteiger partial charge in [0.05, 0.1) is 6.04 Å². The van der Waals surface area contributed by atoms with Gasteiger partial charge in [-0.1, -0.05) is 30.3 Å². The summed E-state index contributed by atoms with van der Waals surface area (Å²) in [6.07, 6.45) is 1.29. The predicted octanol–water partition coefficient (Wildman–Crippen LogP) is 0.598. The van der Waals surface area contributed by atoms with Crippen LogP contribution in [0.3, 0.4) is 0 Å². The molecule has 1 atom stereocenters. The molecule has 130 valence electrons. The maximum Gasteiger partial charge on any atom is 0.321 e. The summed E-state index contributed by atoms with van der Waals surface area (Å²) in [5.41, 5.74) is 6.27. The number of hydrogen-bond donors (Lipinski definition) is 3. The lowest BCUT2D eigenvalue weighted by atomic mass is 9.95. The van der Waals surface area contributed by atoms with Crippen molar-refractivity contribution < 1.29 is 14.4 Å². The molecule has 1 aromatic carbocycles. The number of piperidine rings is 1. The van der Waals surface area contributed by atoms with Crippen molar-refractivity contribution in [3.05, 3.63) is 35.9 Å². The zero-order chi connectivity index (χ0) is 17.5. The number of imide groups is 1. The molecule has 1 aromatic rings. The summed E-state index contributed by atoms with van der Waals surface area (Å²) in [7, 11) is 0. The van der Waals surface area contributed by atoms with E-state index in [4.69, 9.17) is 5.73 Å². The highest BCUT2D eigenvalue weighted by molar-refractivity contribution is 5.96. The Morgan fingerprint density at radius 1 is 1.21 bits per heavy atom. The highest BCUT2D eigenvalue weighted by Crippen LogP contribution is 2.18. The van der Waals surface area contributed by atoms with Crippen LogP contribution in [0, 0.1) is 5.92 Å². The first kappa shape index (κ1) is 17.9. The lowest BCUT2D eigenvalue weighted by molar-refractivity contribution is -0.126. The van der Waals surface area contributed by atoms with E-state index in [1.54, 1.807) is 6.92 Å². The van der Waals surface area contributed by atoms with Crippen molar-refractivity contribution >= 4 is 17.8 Å². The number of primary amides is 1. The number of urea groups is 1. The van der Waals surface area contributed by atoms with Gasteiger partial charge in [-0.3, -0.25) is 19.8 Å². The minimum Gasteiger partial charge on any atom is -0.369 e. The Morgan fingerprint density at radius 3 is 2.42 bits per heavy atom. The van der Waals surface area contributed by atoms with Crippen LogP contribution >= 0.6 is 0 Å². The van der Waals surface area contributed by atoms with Gasteiger partial charge in [-0.2, -0.15) is 0 Å². The largest absolute Gasteiger partial charge is 0.369 e. The maximum atomic E-state index is 12.2. The third-order valence-corrected chi connectivity index (χ3v) is 4.39. The maximum absolute atomic E-state index is 12.2. The van der Waals surface area contributed by atoms with E-state index in [2.05, 4.69) is 10.6 Å². The van der Waals surface area contributed by atoms with E-state index in [0.717, 1.165) is 5.56 Å². The highest BCUT2D eigenvalue weighted by Gasteiger charge is 2.29. The number of hydrogen-bond acceptors (Lipinski definition) is 4. The second-order valence-electron chi connectivity index (χ2n) is 6.05. The fraction of sp³-hybridized carbons (Fsp3) is 0.471. The smallest absolute Gasteiger partial charge is 0.321 e. The molecule has 4 amide bonds. The number of likely N-dealkylation sites (tertiary alicyclic amines) is 1. The minimum atomic E-state index is -0.511. The van der Waals surface area contributed by atoms with Crippen molar-refractivity contribution in [1.29, 1.82) is 0 Å². The molecule has 0 bridgehead atoms. The van der Waals surface area contributed by atoms with Gasteiger partial charge in [0.15, 0.2) is 0 Å². The van der Waals surface area contributed by atoms with E-state index < -0.39 is 12.1 Å². The molecule has 24 heavy (non-hydrogen) atoms. The molecule has 4 N–H and O–H groups in total. The van der Waals surface area contributed by atoms with Gasteiger partial charge in [0, 0.05) is 12.5 Å². The van der Waals surface area contributed by atoms with Crippen molar-refractivity contribution in [2.75, 3.05) is 13.1 Å². The lowest BCUT2D eigenvalue weighted by Gasteiger charge is -2.34.